The molecule has 0 aliphatic rings. The third kappa shape index (κ3) is 56.2. The number of unbranched alkanes of at least 4 members (excludes halogenated alkanes) is 34. The van der Waals surface area contributed by atoms with Crippen LogP contribution in [0.25, 0.3) is 0 Å². The summed E-state index contributed by atoms with van der Waals surface area (Å²) in [5.74, 6) is -1.47. The molecule has 0 aliphatic heterocycles. The zero-order chi connectivity index (χ0) is 55.5. The second kappa shape index (κ2) is 58.6. The zero-order valence-corrected chi connectivity index (χ0v) is 50.1. The summed E-state index contributed by atoms with van der Waals surface area (Å²) < 4.78 is 39.6. The van der Waals surface area contributed by atoms with Gasteiger partial charge in [-0.15, -0.1) is 0 Å². The summed E-state index contributed by atoms with van der Waals surface area (Å²) in [5.41, 5.74) is 0. The van der Waals surface area contributed by atoms with E-state index in [1.807, 2.05) is 0 Å². The highest BCUT2D eigenvalue weighted by atomic mass is 31.2. The smallest absolute Gasteiger partial charge is 0.462 e. The fourth-order valence-electron chi connectivity index (χ4n) is 8.85. The maximum absolute atomic E-state index is 12.9. The molecule has 0 aromatic rings. The second-order valence-electron chi connectivity index (χ2n) is 21.2. The Morgan fingerprint density at radius 3 is 1.01 bits per heavy atom. The SMILES string of the molecule is CCCCC/C=C\C/C=C\CCCCCCCCCC(=O)OCC(COP(=O)(O)OCC(CO)OC(=O)CCCCCCC/C=C\CCCCCCCC)OC(=O)CCCCCCCCC/C=C\CCCCCCCC. The van der Waals surface area contributed by atoms with Crippen LogP contribution in [0.15, 0.2) is 48.6 Å². The summed E-state index contributed by atoms with van der Waals surface area (Å²) >= 11 is 0. The molecule has 0 heterocycles. The molecule has 0 aromatic carbocycles. The van der Waals surface area contributed by atoms with Gasteiger partial charge in [0.15, 0.2) is 6.10 Å². The van der Waals surface area contributed by atoms with Crippen LogP contribution < -0.4 is 0 Å². The van der Waals surface area contributed by atoms with E-state index in [1.54, 1.807) is 0 Å². The van der Waals surface area contributed by atoms with Gasteiger partial charge in [0.1, 0.15) is 12.7 Å². The minimum absolute atomic E-state index is 0.162. The Balaban J connectivity index is 4.71. The van der Waals surface area contributed by atoms with Gasteiger partial charge in [-0.2, -0.15) is 0 Å². The number of aliphatic hydroxyl groups excluding tert-OH is 1. The van der Waals surface area contributed by atoms with Crippen molar-refractivity contribution in [3.8, 4) is 0 Å². The van der Waals surface area contributed by atoms with E-state index in [2.05, 4.69) is 69.4 Å². The number of rotatable bonds is 59. The summed E-state index contributed by atoms with van der Waals surface area (Å²) in [5, 5.41) is 9.84. The van der Waals surface area contributed by atoms with E-state index in [0.717, 1.165) is 96.3 Å². The highest BCUT2D eigenvalue weighted by molar-refractivity contribution is 7.47. The van der Waals surface area contributed by atoms with Crippen molar-refractivity contribution in [2.75, 3.05) is 26.4 Å². The summed E-state index contributed by atoms with van der Waals surface area (Å²) in [6, 6.07) is 0. The van der Waals surface area contributed by atoms with Crippen LogP contribution in [0.2, 0.25) is 0 Å². The van der Waals surface area contributed by atoms with Crippen molar-refractivity contribution in [2.24, 2.45) is 0 Å². The largest absolute Gasteiger partial charge is 0.472 e. The number of aliphatic hydroxyl groups is 1. The first kappa shape index (κ1) is 73.4. The van der Waals surface area contributed by atoms with Gasteiger partial charge in [0, 0.05) is 19.3 Å². The molecule has 0 bridgehead atoms. The van der Waals surface area contributed by atoms with E-state index in [9.17, 15) is 28.9 Å². The quantitative estimate of drug-likeness (QED) is 0.0197. The molecule has 0 radical (unpaired) electrons. The molecule has 0 aliphatic carbocycles. The van der Waals surface area contributed by atoms with Crippen LogP contribution in [0.5, 0.6) is 0 Å². The van der Waals surface area contributed by atoms with E-state index in [1.165, 1.54) is 148 Å². The number of carbonyl (C=O) groups excluding carboxylic acids is 3. The Morgan fingerprint density at radius 2 is 0.645 bits per heavy atom. The molecule has 0 fully saturated rings. The highest BCUT2D eigenvalue weighted by Gasteiger charge is 2.28. The molecule has 76 heavy (non-hydrogen) atoms. The predicted octanol–water partition coefficient (Wildman–Crippen LogP) is 18.9. The Morgan fingerprint density at radius 1 is 0.368 bits per heavy atom. The van der Waals surface area contributed by atoms with Gasteiger partial charge in [0.25, 0.3) is 0 Å². The fraction of sp³-hybridized carbons (Fsp3) is 0.828. The van der Waals surface area contributed by atoms with Crippen molar-refractivity contribution in [3.63, 3.8) is 0 Å². The van der Waals surface area contributed by atoms with Crippen LogP contribution in [0.1, 0.15) is 303 Å². The summed E-state index contributed by atoms with van der Waals surface area (Å²) in [6.45, 7) is 4.64. The summed E-state index contributed by atoms with van der Waals surface area (Å²) in [6.07, 6.45) is 63.4. The van der Waals surface area contributed by atoms with Gasteiger partial charge in [-0.1, -0.05) is 230 Å². The molecule has 2 N–H and O–H groups in total. The van der Waals surface area contributed by atoms with Gasteiger partial charge >= 0.3 is 25.7 Å². The van der Waals surface area contributed by atoms with Gasteiger partial charge in [0.2, 0.25) is 0 Å². The summed E-state index contributed by atoms with van der Waals surface area (Å²) in [4.78, 5) is 48.7. The third-order valence-electron chi connectivity index (χ3n) is 13.7. The Kier molecular flexibility index (Phi) is 56.6. The lowest BCUT2D eigenvalue weighted by Gasteiger charge is -2.21. The number of allylic oxidation sites excluding steroid dienone is 8. The topological polar surface area (TPSA) is 155 Å². The van der Waals surface area contributed by atoms with Gasteiger partial charge in [0.05, 0.1) is 19.8 Å². The van der Waals surface area contributed by atoms with E-state index < -0.39 is 57.8 Å². The molecule has 0 saturated carbocycles. The zero-order valence-electron chi connectivity index (χ0n) is 49.2. The van der Waals surface area contributed by atoms with Crippen LogP contribution in [-0.4, -0.2) is 66.5 Å². The Bertz CT molecular complexity index is 1460. The first-order chi connectivity index (χ1) is 37.2. The summed E-state index contributed by atoms with van der Waals surface area (Å²) in [7, 11) is -4.75. The van der Waals surface area contributed by atoms with E-state index in [-0.39, 0.29) is 25.9 Å². The number of carbonyl (C=O) groups is 3. The second-order valence-corrected chi connectivity index (χ2v) is 22.7. The number of ether oxygens (including phenoxy) is 3. The van der Waals surface area contributed by atoms with E-state index in [0.29, 0.717) is 19.3 Å². The standard InChI is InChI=1S/C64H117O11P/c1-4-7-10-13-16-19-22-25-28-30-33-35-38-41-44-47-50-53-62(66)71-57-61(75-64(68)55-52-49-46-43-40-37-34-31-29-26-23-20-17-14-11-8-5-2)59-73-76(69,70)72-58-60(56-65)74-63(67)54-51-48-45-42-39-36-32-27-24-21-18-15-12-9-6-3/h16,19,25-29,32,60-61,65H,4-15,17-18,20-24,30-31,33-59H2,1-3H3,(H,69,70)/b19-16-,28-25-,29-26-,32-27-. The molecule has 0 spiro atoms. The minimum atomic E-state index is -4.75. The average Bonchev–Trinajstić information content (AvgIpc) is 3.41. The Labute approximate surface area is 466 Å². The molecule has 444 valence electrons. The van der Waals surface area contributed by atoms with Gasteiger partial charge in [-0.3, -0.25) is 23.4 Å². The van der Waals surface area contributed by atoms with Gasteiger partial charge in [-0.25, -0.2) is 4.57 Å². The minimum Gasteiger partial charge on any atom is -0.462 e. The molecular weight excluding hydrogens is 976 g/mol. The van der Waals surface area contributed by atoms with Crippen LogP contribution in [-0.2, 0) is 42.2 Å². The van der Waals surface area contributed by atoms with Crippen LogP contribution in [0, 0.1) is 0 Å². The number of phosphoric ester groups is 1. The number of hydrogen-bond donors (Lipinski definition) is 2. The molecule has 3 unspecified atom stereocenters. The van der Waals surface area contributed by atoms with Crippen LogP contribution >= 0.6 is 7.82 Å². The number of hydrogen-bond acceptors (Lipinski definition) is 10. The molecule has 0 aromatic heterocycles. The van der Waals surface area contributed by atoms with E-state index in [4.69, 9.17) is 23.3 Å². The monoisotopic (exact) mass is 1090 g/mol. The lowest BCUT2D eigenvalue weighted by Crippen LogP contribution is -2.30. The maximum Gasteiger partial charge on any atom is 0.472 e. The lowest BCUT2D eigenvalue weighted by molar-refractivity contribution is -0.161. The van der Waals surface area contributed by atoms with Crippen molar-refractivity contribution in [3.05, 3.63) is 48.6 Å². The molecular formula is C64H117O11P. The van der Waals surface area contributed by atoms with Gasteiger partial charge < -0.3 is 24.2 Å². The first-order valence-electron chi connectivity index (χ1n) is 31.5. The molecule has 12 heteroatoms. The highest BCUT2D eigenvalue weighted by Crippen LogP contribution is 2.43. The number of phosphoric acid groups is 1. The molecule has 3 atom stereocenters. The van der Waals surface area contributed by atoms with Crippen LogP contribution in [0.4, 0.5) is 0 Å². The predicted molar refractivity (Wildman–Crippen MR) is 316 cm³/mol. The van der Waals surface area contributed by atoms with Crippen LogP contribution in [0.3, 0.4) is 0 Å². The first-order valence-corrected chi connectivity index (χ1v) is 33.0. The van der Waals surface area contributed by atoms with E-state index >= 15 is 0 Å². The van der Waals surface area contributed by atoms with Crippen molar-refractivity contribution in [1.29, 1.82) is 0 Å². The fourth-order valence-corrected chi connectivity index (χ4v) is 9.63. The Hall–Kier alpha value is -2.56. The lowest BCUT2D eigenvalue weighted by atomic mass is 10.1. The number of esters is 3. The van der Waals surface area contributed by atoms with Crippen molar-refractivity contribution in [2.45, 2.75) is 315 Å². The molecule has 0 saturated heterocycles. The maximum atomic E-state index is 12.9. The molecule has 0 rings (SSSR count). The normalized spacial score (nSPS) is 13.6. The van der Waals surface area contributed by atoms with Crippen molar-refractivity contribution >= 4 is 25.7 Å². The molecule has 11 nitrogen and oxygen atoms in total. The van der Waals surface area contributed by atoms with Crippen molar-refractivity contribution < 1.29 is 52.2 Å². The molecule has 0 amide bonds. The average molecular weight is 1090 g/mol. The van der Waals surface area contributed by atoms with Gasteiger partial charge in [-0.05, 0) is 103 Å². The van der Waals surface area contributed by atoms with Crippen molar-refractivity contribution in [1.82, 2.24) is 0 Å². The third-order valence-corrected chi connectivity index (χ3v) is 14.6.